The predicted molar refractivity (Wildman–Crippen MR) is 102 cm³/mol. The molecule has 0 saturated carbocycles. The van der Waals surface area contributed by atoms with Gasteiger partial charge in [-0.3, -0.25) is 14.5 Å². The summed E-state index contributed by atoms with van der Waals surface area (Å²) in [6.07, 6.45) is 0.901. The lowest BCUT2D eigenvalue weighted by Crippen LogP contribution is -2.49. The first-order chi connectivity index (χ1) is 13.0. The minimum Gasteiger partial charge on any atom is -0.380 e. The van der Waals surface area contributed by atoms with Gasteiger partial charge in [0.25, 0.3) is 0 Å². The first kappa shape index (κ1) is 18.1. The van der Waals surface area contributed by atoms with Gasteiger partial charge in [0.1, 0.15) is 5.01 Å². The summed E-state index contributed by atoms with van der Waals surface area (Å²) in [6, 6.07) is 10.0. The number of amides is 2. The first-order valence-corrected chi connectivity index (χ1v) is 9.86. The average molecular weight is 386 g/mol. The zero-order valence-corrected chi connectivity index (χ0v) is 16.0. The molecule has 1 unspecified atom stereocenters. The van der Waals surface area contributed by atoms with Crippen molar-refractivity contribution >= 4 is 28.3 Å². The Hall–Kier alpha value is -2.32. The van der Waals surface area contributed by atoms with E-state index in [1.165, 1.54) is 11.3 Å². The van der Waals surface area contributed by atoms with E-state index in [-0.39, 0.29) is 29.6 Å². The summed E-state index contributed by atoms with van der Waals surface area (Å²) < 4.78 is 5.20. The minimum absolute atomic E-state index is 0.0174. The predicted octanol–water partition coefficient (Wildman–Crippen LogP) is 1.63. The molecule has 1 aromatic carbocycles. The molecule has 2 aliphatic rings. The lowest BCUT2D eigenvalue weighted by Gasteiger charge is -2.38. The van der Waals surface area contributed by atoms with E-state index in [9.17, 15) is 9.59 Å². The Balaban J connectivity index is 1.35. The summed E-state index contributed by atoms with van der Waals surface area (Å²) in [6.45, 7) is 4.35. The van der Waals surface area contributed by atoms with Crippen LogP contribution in [-0.2, 0) is 20.7 Å². The van der Waals surface area contributed by atoms with Crippen molar-refractivity contribution in [2.24, 2.45) is 11.3 Å². The molecule has 2 saturated heterocycles. The summed E-state index contributed by atoms with van der Waals surface area (Å²) >= 11 is 1.41. The second kappa shape index (κ2) is 7.36. The molecule has 2 aliphatic heterocycles. The van der Waals surface area contributed by atoms with E-state index in [0.29, 0.717) is 37.9 Å². The number of hydrogen-bond acceptors (Lipinski definition) is 6. The number of nitrogens with zero attached hydrogens (tertiary/aromatic N) is 3. The highest BCUT2D eigenvalue weighted by atomic mass is 32.1. The van der Waals surface area contributed by atoms with Gasteiger partial charge in [0.2, 0.25) is 16.9 Å². The molecule has 2 aromatic rings. The molecular weight excluding hydrogens is 364 g/mol. The average Bonchev–Trinajstić information content (AvgIpc) is 3.25. The second-order valence-corrected chi connectivity index (χ2v) is 8.61. The van der Waals surface area contributed by atoms with Gasteiger partial charge in [-0.2, -0.15) is 0 Å². The molecule has 0 bridgehead atoms. The highest BCUT2D eigenvalue weighted by Crippen LogP contribution is 2.29. The first-order valence-electron chi connectivity index (χ1n) is 9.05. The van der Waals surface area contributed by atoms with Crippen LogP contribution in [0.25, 0.3) is 0 Å². The van der Waals surface area contributed by atoms with Crippen LogP contribution >= 0.6 is 11.3 Å². The van der Waals surface area contributed by atoms with Gasteiger partial charge in [0.15, 0.2) is 0 Å². The van der Waals surface area contributed by atoms with Gasteiger partial charge in [-0.05, 0) is 5.56 Å². The lowest BCUT2D eigenvalue weighted by atomic mass is 9.88. The molecule has 7 nitrogen and oxygen atoms in total. The second-order valence-electron chi connectivity index (χ2n) is 7.57. The fourth-order valence-corrected chi connectivity index (χ4v) is 4.16. The largest absolute Gasteiger partial charge is 0.380 e. The molecule has 142 valence electrons. The van der Waals surface area contributed by atoms with Crippen LogP contribution in [0.2, 0.25) is 0 Å². The number of ether oxygens (including phenoxy) is 1. The van der Waals surface area contributed by atoms with Crippen molar-refractivity contribution in [3.8, 4) is 0 Å². The van der Waals surface area contributed by atoms with Gasteiger partial charge >= 0.3 is 0 Å². The van der Waals surface area contributed by atoms with Gasteiger partial charge in [0, 0.05) is 31.3 Å². The smallest absolute Gasteiger partial charge is 0.229 e. The number of carbonyl (C=O) groups is 2. The Labute approximate surface area is 161 Å². The Bertz CT molecular complexity index is 834. The third-order valence-corrected chi connectivity index (χ3v) is 5.92. The van der Waals surface area contributed by atoms with Crippen molar-refractivity contribution in [2.45, 2.75) is 19.8 Å². The molecule has 4 rings (SSSR count). The maximum atomic E-state index is 12.4. The fraction of sp³-hybridized carbons (Fsp3) is 0.474. The topological polar surface area (TPSA) is 84.4 Å². The molecule has 3 heterocycles. The van der Waals surface area contributed by atoms with Crippen molar-refractivity contribution in [2.75, 3.05) is 31.2 Å². The van der Waals surface area contributed by atoms with Crippen LogP contribution in [0.3, 0.4) is 0 Å². The van der Waals surface area contributed by atoms with Crippen molar-refractivity contribution in [1.29, 1.82) is 0 Å². The lowest BCUT2D eigenvalue weighted by molar-refractivity contribution is -0.130. The number of nitrogens with one attached hydrogen (secondary N) is 1. The van der Waals surface area contributed by atoms with Crippen molar-refractivity contribution in [3.05, 3.63) is 40.9 Å². The van der Waals surface area contributed by atoms with E-state index in [1.807, 2.05) is 30.3 Å². The molecule has 1 atom stereocenters. The van der Waals surface area contributed by atoms with Gasteiger partial charge < -0.3 is 10.1 Å². The molecule has 0 spiro atoms. The SMILES string of the molecule is CC1(CNC(=O)C2CC(=O)N(c3nnc(Cc4ccccc4)s3)C2)COC1. The number of anilines is 1. The van der Waals surface area contributed by atoms with Crippen LogP contribution in [0.15, 0.2) is 30.3 Å². The minimum atomic E-state index is -0.344. The normalized spacial score (nSPS) is 21.1. The molecule has 27 heavy (non-hydrogen) atoms. The van der Waals surface area contributed by atoms with E-state index in [4.69, 9.17) is 4.74 Å². The van der Waals surface area contributed by atoms with Crippen LogP contribution < -0.4 is 10.2 Å². The van der Waals surface area contributed by atoms with Crippen molar-refractivity contribution < 1.29 is 14.3 Å². The number of rotatable bonds is 6. The van der Waals surface area contributed by atoms with Gasteiger partial charge in [0.05, 0.1) is 19.1 Å². The summed E-state index contributed by atoms with van der Waals surface area (Å²) in [5, 5.41) is 12.8. The standard InChI is InChI=1S/C19H22N4O3S/c1-19(11-26-12-19)10-20-17(25)14-8-16(24)23(9-14)18-22-21-15(27-18)7-13-5-3-2-4-6-13/h2-6,14H,7-12H2,1H3,(H,20,25). The molecule has 2 fully saturated rings. The Morgan fingerprint density at radius 2 is 2.11 bits per heavy atom. The van der Waals surface area contributed by atoms with Crippen LogP contribution in [0.5, 0.6) is 0 Å². The van der Waals surface area contributed by atoms with E-state index < -0.39 is 0 Å². The van der Waals surface area contributed by atoms with Crippen LogP contribution in [0.4, 0.5) is 5.13 Å². The number of benzene rings is 1. The third kappa shape index (κ3) is 4.01. The molecule has 0 aliphatic carbocycles. The summed E-state index contributed by atoms with van der Waals surface area (Å²) in [7, 11) is 0. The van der Waals surface area contributed by atoms with Gasteiger partial charge in [-0.25, -0.2) is 0 Å². The number of hydrogen-bond donors (Lipinski definition) is 1. The molecule has 2 amide bonds. The maximum Gasteiger partial charge on any atom is 0.229 e. The molecule has 1 N–H and O–H groups in total. The zero-order valence-electron chi connectivity index (χ0n) is 15.2. The Morgan fingerprint density at radius 1 is 1.33 bits per heavy atom. The van der Waals surface area contributed by atoms with E-state index >= 15 is 0 Å². The highest BCUT2D eigenvalue weighted by Gasteiger charge is 2.39. The summed E-state index contributed by atoms with van der Waals surface area (Å²) in [5.41, 5.74) is 1.17. The number of aromatic nitrogens is 2. The summed E-state index contributed by atoms with van der Waals surface area (Å²) in [5.74, 6) is -0.493. The van der Waals surface area contributed by atoms with Crippen molar-refractivity contribution in [3.63, 3.8) is 0 Å². The molecular formula is C19H22N4O3S. The number of carbonyl (C=O) groups excluding carboxylic acids is 2. The van der Waals surface area contributed by atoms with Crippen molar-refractivity contribution in [1.82, 2.24) is 15.5 Å². The van der Waals surface area contributed by atoms with Crippen LogP contribution in [0, 0.1) is 11.3 Å². The monoisotopic (exact) mass is 386 g/mol. The van der Waals surface area contributed by atoms with Crippen LogP contribution in [-0.4, -0.2) is 48.3 Å². The molecule has 8 heteroatoms. The quantitative estimate of drug-likeness (QED) is 0.816. The maximum absolute atomic E-state index is 12.4. The fourth-order valence-electron chi connectivity index (χ4n) is 3.26. The van der Waals surface area contributed by atoms with E-state index in [2.05, 4.69) is 22.4 Å². The Morgan fingerprint density at radius 3 is 2.81 bits per heavy atom. The summed E-state index contributed by atoms with van der Waals surface area (Å²) in [4.78, 5) is 26.4. The molecule has 0 radical (unpaired) electrons. The van der Waals surface area contributed by atoms with Crippen LogP contribution in [0.1, 0.15) is 23.9 Å². The third-order valence-electron chi connectivity index (χ3n) is 4.97. The molecule has 1 aromatic heterocycles. The zero-order chi connectivity index (χ0) is 18.9. The highest BCUT2D eigenvalue weighted by molar-refractivity contribution is 7.15. The Kier molecular flexibility index (Phi) is 4.92. The van der Waals surface area contributed by atoms with Gasteiger partial charge in [-0.15, -0.1) is 10.2 Å². The van der Waals surface area contributed by atoms with Gasteiger partial charge in [-0.1, -0.05) is 48.6 Å². The van der Waals surface area contributed by atoms with E-state index in [1.54, 1.807) is 4.90 Å². The van der Waals surface area contributed by atoms with E-state index in [0.717, 1.165) is 10.6 Å².